The summed E-state index contributed by atoms with van der Waals surface area (Å²) in [5.74, 6) is 0. The van der Waals surface area contributed by atoms with Crippen molar-refractivity contribution in [3.8, 4) is 22.3 Å². The van der Waals surface area contributed by atoms with Crippen LogP contribution in [0.4, 0.5) is 0 Å². The van der Waals surface area contributed by atoms with E-state index in [9.17, 15) is 0 Å². The van der Waals surface area contributed by atoms with Gasteiger partial charge in [-0.05, 0) is 127 Å². The van der Waals surface area contributed by atoms with Crippen LogP contribution in [0.5, 0.6) is 0 Å². The highest BCUT2D eigenvalue weighted by Crippen LogP contribution is 2.46. The molecule has 216 valence electrons. The molecule has 0 spiro atoms. The highest BCUT2D eigenvalue weighted by atomic mass is 14.6. The van der Waals surface area contributed by atoms with E-state index in [0.717, 1.165) is 19.3 Å². The summed E-state index contributed by atoms with van der Waals surface area (Å²) in [6.45, 7) is 2.36. The summed E-state index contributed by atoms with van der Waals surface area (Å²) in [6.07, 6.45) is 24.3. The molecule has 1 unspecified atom stereocenters. The predicted molar refractivity (Wildman–Crippen MR) is 190 cm³/mol. The van der Waals surface area contributed by atoms with Crippen molar-refractivity contribution in [2.45, 2.75) is 31.6 Å². The fraction of sp³-hybridized carbons (Fsp3) is 0.116. The number of hydrogen-bond donors (Lipinski definition) is 0. The summed E-state index contributed by atoms with van der Waals surface area (Å²) in [5, 5.41) is 5.20. The third-order valence-electron chi connectivity index (χ3n) is 9.54. The van der Waals surface area contributed by atoms with Crippen molar-refractivity contribution in [3.05, 3.63) is 169 Å². The van der Waals surface area contributed by atoms with Crippen LogP contribution in [0.25, 0.3) is 54.9 Å². The second kappa shape index (κ2) is 11.3. The van der Waals surface area contributed by atoms with Gasteiger partial charge in [0, 0.05) is 30.2 Å². The first-order chi connectivity index (χ1) is 22.2. The van der Waals surface area contributed by atoms with Crippen LogP contribution in [0.3, 0.4) is 0 Å². The van der Waals surface area contributed by atoms with Crippen LogP contribution < -0.4 is 0 Å². The van der Waals surface area contributed by atoms with Crippen molar-refractivity contribution in [2.75, 3.05) is 0 Å². The van der Waals surface area contributed by atoms with Gasteiger partial charge in [0.15, 0.2) is 0 Å². The van der Waals surface area contributed by atoms with E-state index in [0.29, 0.717) is 0 Å². The molecule has 0 amide bonds. The maximum Gasteiger partial charge on any atom is 0.0273 e. The van der Waals surface area contributed by atoms with Gasteiger partial charge in [0.1, 0.15) is 0 Å². The van der Waals surface area contributed by atoms with Crippen molar-refractivity contribution < 1.29 is 0 Å². The van der Waals surface area contributed by atoms with Crippen molar-refractivity contribution in [3.63, 3.8) is 0 Å². The lowest BCUT2D eigenvalue weighted by molar-refractivity contribution is 0.600. The SMILES string of the molecule is CC1(c2ccc3c(C4=CC(c5ccncc5)=CCC4)c4ccccc4c(-c4cccc(-c5ccncc5)c4)c3c2)C=CC=CC1. The van der Waals surface area contributed by atoms with E-state index in [-0.39, 0.29) is 5.41 Å². The number of rotatable bonds is 5. The minimum atomic E-state index is -0.0493. The molecule has 0 N–H and O–H groups in total. The summed E-state index contributed by atoms with van der Waals surface area (Å²) in [4.78, 5) is 8.51. The van der Waals surface area contributed by atoms with Gasteiger partial charge in [0.25, 0.3) is 0 Å². The Morgan fingerprint density at radius 2 is 1.31 bits per heavy atom. The fourth-order valence-electron chi connectivity index (χ4n) is 7.18. The first-order valence-corrected chi connectivity index (χ1v) is 15.8. The molecule has 1 atom stereocenters. The normalized spacial score (nSPS) is 17.8. The summed E-state index contributed by atoms with van der Waals surface area (Å²) < 4.78 is 0. The molecule has 0 fully saturated rings. The molecule has 2 heteroatoms. The minimum Gasteiger partial charge on any atom is -0.265 e. The fourth-order valence-corrected chi connectivity index (χ4v) is 7.18. The third-order valence-corrected chi connectivity index (χ3v) is 9.54. The van der Waals surface area contributed by atoms with Crippen molar-refractivity contribution in [1.82, 2.24) is 9.97 Å². The summed E-state index contributed by atoms with van der Waals surface area (Å²) in [6, 6.07) is 33.6. The number of benzene rings is 4. The molecule has 4 aromatic carbocycles. The molecule has 0 radical (unpaired) electrons. The molecular formula is C43H34N2. The molecule has 2 heterocycles. The molecule has 2 aromatic heterocycles. The van der Waals surface area contributed by atoms with Crippen LogP contribution in [0.1, 0.15) is 42.9 Å². The smallest absolute Gasteiger partial charge is 0.0273 e. The molecule has 0 saturated heterocycles. The number of allylic oxidation sites excluding steroid dienone is 8. The average molecular weight is 579 g/mol. The lowest BCUT2D eigenvalue weighted by Crippen LogP contribution is -2.19. The van der Waals surface area contributed by atoms with Gasteiger partial charge in [-0.15, -0.1) is 0 Å². The highest BCUT2D eigenvalue weighted by Gasteiger charge is 2.26. The third kappa shape index (κ3) is 4.93. The van der Waals surface area contributed by atoms with E-state index in [4.69, 9.17) is 0 Å². The van der Waals surface area contributed by atoms with Crippen LogP contribution in [0, 0.1) is 0 Å². The van der Waals surface area contributed by atoms with Gasteiger partial charge in [0.05, 0.1) is 0 Å². The summed E-state index contributed by atoms with van der Waals surface area (Å²) in [7, 11) is 0. The Labute approximate surface area is 264 Å². The molecule has 2 aliphatic carbocycles. The predicted octanol–water partition coefficient (Wildman–Crippen LogP) is 11.2. The molecule has 0 saturated carbocycles. The zero-order valence-corrected chi connectivity index (χ0v) is 25.4. The van der Waals surface area contributed by atoms with Crippen LogP contribution in [-0.4, -0.2) is 9.97 Å². The number of aromatic nitrogens is 2. The van der Waals surface area contributed by atoms with Gasteiger partial charge < -0.3 is 0 Å². The largest absolute Gasteiger partial charge is 0.265 e. The average Bonchev–Trinajstić information content (AvgIpc) is 3.11. The van der Waals surface area contributed by atoms with Crippen LogP contribution in [0.15, 0.2) is 152 Å². The van der Waals surface area contributed by atoms with Crippen LogP contribution in [0.2, 0.25) is 0 Å². The minimum absolute atomic E-state index is 0.0493. The van der Waals surface area contributed by atoms with Gasteiger partial charge in [-0.2, -0.15) is 0 Å². The zero-order valence-electron chi connectivity index (χ0n) is 25.4. The van der Waals surface area contributed by atoms with E-state index in [1.807, 2.05) is 24.8 Å². The van der Waals surface area contributed by atoms with Gasteiger partial charge in [-0.3, -0.25) is 9.97 Å². The Morgan fingerprint density at radius 3 is 2.07 bits per heavy atom. The lowest BCUT2D eigenvalue weighted by Gasteiger charge is -2.29. The molecular weight excluding hydrogens is 544 g/mol. The van der Waals surface area contributed by atoms with E-state index in [2.05, 4.69) is 144 Å². The number of hydrogen-bond acceptors (Lipinski definition) is 2. The quantitative estimate of drug-likeness (QED) is 0.190. The maximum atomic E-state index is 4.26. The second-order valence-electron chi connectivity index (χ2n) is 12.4. The lowest BCUT2D eigenvalue weighted by atomic mass is 9.75. The van der Waals surface area contributed by atoms with Crippen LogP contribution in [-0.2, 0) is 5.41 Å². The van der Waals surface area contributed by atoms with Crippen molar-refractivity contribution in [2.24, 2.45) is 0 Å². The monoisotopic (exact) mass is 578 g/mol. The van der Waals surface area contributed by atoms with Crippen molar-refractivity contribution >= 4 is 32.7 Å². The van der Waals surface area contributed by atoms with Gasteiger partial charge in [-0.25, -0.2) is 0 Å². The Morgan fingerprint density at radius 1 is 0.600 bits per heavy atom. The maximum absolute atomic E-state index is 4.26. The Hall–Kier alpha value is -5.34. The summed E-state index contributed by atoms with van der Waals surface area (Å²) in [5.41, 5.74) is 11.4. The molecule has 2 aliphatic rings. The number of fused-ring (bicyclic) bond motifs is 2. The Kier molecular flexibility index (Phi) is 6.84. The molecule has 0 aliphatic heterocycles. The van der Waals surface area contributed by atoms with Crippen LogP contribution >= 0.6 is 0 Å². The van der Waals surface area contributed by atoms with Gasteiger partial charge in [0.2, 0.25) is 0 Å². The number of pyridine rings is 2. The van der Waals surface area contributed by atoms with E-state index in [1.165, 1.54) is 71.6 Å². The topological polar surface area (TPSA) is 25.8 Å². The van der Waals surface area contributed by atoms with Crippen molar-refractivity contribution in [1.29, 1.82) is 0 Å². The Bertz CT molecular complexity index is 2180. The standard InChI is InChI=1S/C43H34N2/c1-43(21-5-2-6-22-43)36-15-16-39-40(29-36)42(35-12-8-10-33(28-35)31-19-25-45-26-20-31)38-14-4-3-13-37(38)41(39)34-11-7-9-32(27-34)30-17-23-44-24-18-30/h2-6,8-10,12-21,23-29H,7,11,22H2,1H3. The Balaban J connectivity index is 1.42. The zero-order chi connectivity index (χ0) is 30.2. The molecule has 2 nitrogen and oxygen atoms in total. The van der Waals surface area contributed by atoms with E-state index < -0.39 is 0 Å². The van der Waals surface area contributed by atoms with Gasteiger partial charge >= 0.3 is 0 Å². The summed E-state index contributed by atoms with van der Waals surface area (Å²) >= 11 is 0. The van der Waals surface area contributed by atoms with E-state index in [1.54, 1.807) is 0 Å². The first-order valence-electron chi connectivity index (χ1n) is 15.8. The first kappa shape index (κ1) is 27.2. The molecule has 6 aromatic rings. The van der Waals surface area contributed by atoms with E-state index >= 15 is 0 Å². The molecule has 8 rings (SSSR count). The molecule has 0 bridgehead atoms. The molecule has 45 heavy (non-hydrogen) atoms. The highest BCUT2D eigenvalue weighted by molar-refractivity contribution is 6.19. The second-order valence-corrected chi connectivity index (χ2v) is 12.4. The number of nitrogens with zero attached hydrogens (tertiary/aromatic N) is 2. The van der Waals surface area contributed by atoms with Gasteiger partial charge in [-0.1, -0.05) is 98.0 Å².